The van der Waals surface area contributed by atoms with Gasteiger partial charge in [0, 0.05) is 11.3 Å². The Balaban J connectivity index is 1.84. The van der Waals surface area contributed by atoms with Crippen LogP contribution in [0.5, 0.6) is 11.5 Å². The highest BCUT2D eigenvalue weighted by Gasteiger charge is 2.24. The Kier molecular flexibility index (Phi) is 5.64. The molecule has 126 valence electrons. The quantitative estimate of drug-likeness (QED) is 0.599. The molecule has 5 heteroatoms. The molecule has 0 aromatic heterocycles. The largest absolute Gasteiger partial charge is 0.490 e. The van der Waals surface area contributed by atoms with Gasteiger partial charge in [0.25, 0.3) is 0 Å². The maximum Gasteiger partial charge on any atom is 0.323 e. The first kappa shape index (κ1) is 16.7. The van der Waals surface area contributed by atoms with Gasteiger partial charge in [0.1, 0.15) is 5.25 Å². The van der Waals surface area contributed by atoms with Gasteiger partial charge in [0.05, 0.1) is 19.8 Å². The number of benzene rings is 2. The smallest absolute Gasteiger partial charge is 0.323 e. The minimum Gasteiger partial charge on any atom is -0.490 e. The van der Waals surface area contributed by atoms with Crippen LogP contribution in [0.25, 0.3) is 0 Å². The first-order chi connectivity index (χ1) is 11.8. The van der Waals surface area contributed by atoms with Gasteiger partial charge in [-0.05, 0) is 30.7 Å². The molecule has 0 bridgehead atoms. The lowest BCUT2D eigenvalue weighted by Crippen LogP contribution is -2.13. The molecule has 1 aliphatic rings. The van der Waals surface area contributed by atoms with Crippen LogP contribution >= 0.6 is 11.8 Å². The summed E-state index contributed by atoms with van der Waals surface area (Å²) in [5.74, 6) is 1.25. The van der Waals surface area contributed by atoms with E-state index in [0.717, 1.165) is 28.4 Å². The molecule has 0 fully saturated rings. The summed E-state index contributed by atoms with van der Waals surface area (Å²) in [4.78, 5) is 13.3. The second kappa shape index (κ2) is 8.11. The zero-order valence-corrected chi connectivity index (χ0v) is 14.4. The normalized spacial score (nSPS) is 14.5. The standard InChI is InChI=1S/C19H20O4S/c1-2-21-19(20)18(14-7-4-3-5-8-14)24-15-9-10-16-17(13-15)23-12-6-11-22-16/h3-5,7-10,13,18H,2,6,11-12H2,1H3. The summed E-state index contributed by atoms with van der Waals surface area (Å²) < 4.78 is 16.6. The Hall–Kier alpha value is -2.14. The summed E-state index contributed by atoms with van der Waals surface area (Å²) in [5.41, 5.74) is 0.924. The van der Waals surface area contributed by atoms with Crippen LogP contribution in [-0.4, -0.2) is 25.8 Å². The lowest BCUT2D eigenvalue weighted by molar-refractivity contribution is -0.142. The van der Waals surface area contributed by atoms with Crippen LogP contribution in [-0.2, 0) is 9.53 Å². The van der Waals surface area contributed by atoms with Gasteiger partial charge in [0.2, 0.25) is 0 Å². The molecular weight excluding hydrogens is 324 g/mol. The second-order valence-corrected chi connectivity index (χ2v) is 6.50. The fourth-order valence-electron chi connectivity index (χ4n) is 2.45. The molecule has 1 unspecified atom stereocenters. The molecule has 3 rings (SSSR count). The van der Waals surface area contributed by atoms with Crippen molar-refractivity contribution < 1.29 is 19.0 Å². The van der Waals surface area contributed by atoms with Crippen molar-refractivity contribution in [2.24, 2.45) is 0 Å². The average molecular weight is 344 g/mol. The van der Waals surface area contributed by atoms with Gasteiger partial charge >= 0.3 is 5.97 Å². The van der Waals surface area contributed by atoms with Crippen molar-refractivity contribution in [3.8, 4) is 11.5 Å². The van der Waals surface area contributed by atoms with Crippen molar-refractivity contribution in [3.63, 3.8) is 0 Å². The van der Waals surface area contributed by atoms with E-state index in [-0.39, 0.29) is 5.97 Å². The van der Waals surface area contributed by atoms with Crippen LogP contribution < -0.4 is 9.47 Å². The molecular formula is C19H20O4S. The van der Waals surface area contributed by atoms with Gasteiger partial charge in [0.15, 0.2) is 11.5 Å². The van der Waals surface area contributed by atoms with Crippen LogP contribution in [0.1, 0.15) is 24.2 Å². The zero-order chi connectivity index (χ0) is 16.8. The molecule has 1 atom stereocenters. The number of esters is 1. The monoisotopic (exact) mass is 344 g/mol. The molecule has 0 saturated carbocycles. The molecule has 0 radical (unpaired) electrons. The summed E-state index contributed by atoms with van der Waals surface area (Å²) in [5, 5.41) is -0.407. The Labute approximate surface area is 146 Å². The van der Waals surface area contributed by atoms with E-state index < -0.39 is 5.25 Å². The number of thioether (sulfide) groups is 1. The molecule has 24 heavy (non-hydrogen) atoms. The van der Waals surface area contributed by atoms with E-state index in [2.05, 4.69) is 0 Å². The van der Waals surface area contributed by atoms with Crippen LogP contribution in [0.2, 0.25) is 0 Å². The van der Waals surface area contributed by atoms with Crippen LogP contribution in [0.3, 0.4) is 0 Å². The number of carbonyl (C=O) groups is 1. The van der Waals surface area contributed by atoms with Crippen molar-refractivity contribution in [1.29, 1.82) is 0 Å². The van der Waals surface area contributed by atoms with Gasteiger partial charge < -0.3 is 14.2 Å². The number of hydrogen-bond donors (Lipinski definition) is 0. The van der Waals surface area contributed by atoms with E-state index in [1.54, 1.807) is 0 Å². The molecule has 0 saturated heterocycles. The molecule has 0 aliphatic carbocycles. The third-order valence-electron chi connectivity index (χ3n) is 3.58. The number of carbonyl (C=O) groups excluding carboxylic acids is 1. The molecule has 2 aromatic rings. The van der Waals surface area contributed by atoms with Gasteiger partial charge in [-0.15, -0.1) is 11.8 Å². The predicted molar refractivity (Wildman–Crippen MR) is 93.7 cm³/mol. The molecule has 2 aromatic carbocycles. The van der Waals surface area contributed by atoms with Crippen LogP contribution in [0, 0.1) is 0 Å². The molecule has 1 aliphatic heterocycles. The maximum atomic E-state index is 12.4. The van der Waals surface area contributed by atoms with E-state index in [1.165, 1.54) is 11.8 Å². The first-order valence-corrected chi connectivity index (χ1v) is 8.94. The molecule has 0 N–H and O–H groups in total. The lowest BCUT2D eigenvalue weighted by Gasteiger charge is -2.16. The molecule has 4 nitrogen and oxygen atoms in total. The third-order valence-corrected chi connectivity index (χ3v) is 4.80. The topological polar surface area (TPSA) is 44.8 Å². The molecule has 0 amide bonds. The SMILES string of the molecule is CCOC(=O)C(Sc1ccc2c(c1)OCCCO2)c1ccccc1. The fraction of sp³-hybridized carbons (Fsp3) is 0.316. The summed E-state index contributed by atoms with van der Waals surface area (Å²) in [6.45, 7) is 3.48. The first-order valence-electron chi connectivity index (χ1n) is 8.06. The van der Waals surface area contributed by atoms with E-state index in [1.807, 2.05) is 55.5 Å². The van der Waals surface area contributed by atoms with E-state index in [0.29, 0.717) is 19.8 Å². The Morgan fingerprint density at radius 2 is 1.88 bits per heavy atom. The van der Waals surface area contributed by atoms with Crippen molar-refractivity contribution in [2.45, 2.75) is 23.5 Å². The highest BCUT2D eigenvalue weighted by atomic mass is 32.2. The van der Waals surface area contributed by atoms with Crippen molar-refractivity contribution in [2.75, 3.05) is 19.8 Å². The van der Waals surface area contributed by atoms with Gasteiger partial charge in [-0.3, -0.25) is 4.79 Å². The van der Waals surface area contributed by atoms with Gasteiger partial charge in [-0.2, -0.15) is 0 Å². The van der Waals surface area contributed by atoms with E-state index >= 15 is 0 Å². The maximum absolute atomic E-state index is 12.4. The van der Waals surface area contributed by atoms with E-state index in [9.17, 15) is 4.79 Å². The summed E-state index contributed by atoms with van der Waals surface area (Å²) >= 11 is 1.46. The Bertz CT molecular complexity index is 687. The number of hydrogen-bond acceptors (Lipinski definition) is 5. The van der Waals surface area contributed by atoms with E-state index in [4.69, 9.17) is 14.2 Å². The molecule has 0 spiro atoms. The Morgan fingerprint density at radius 3 is 2.62 bits per heavy atom. The second-order valence-electron chi connectivity index (χ2n) is 5.32. The number of rotatable bonds is 5. The fourth-order valence-corrected chi connectivity index (χ4v) is 3.50. The minimum absolute atomic E-state index is 0.235. The summed E-state index contributed by atoms with van der Waals surface area (Å²) in [7, 11) is 0. The Morgan fingerprint density at radius 1 is 1.12 bits per heavy atom. The predicted octanol–water partition coefficient (Wildman–Crippen LogP) is 4.24. The molecule has 1 heterocycles. The van der Waals surface area contributed by atoms with Crippen molar-refractivity contribution >= 4 is 17.7 Å². The van der Waals surface area contributed by atoms with Crippen LogP contribution in [0.4, 0.5) is 0 Å². The summed E-state index contributed by atoms with van der Waals surface area (Å²) in [6.07, 6.45) is 0.868. The third kappa shape index (κ3) is 4.03. The zero-order valence-electron chi connectivity index (χ0n) is 13.6. The highest BCUT2D eigenvalue weighted by Crippen LogP contribution is 2.40. The van der Waals surface area contributed by atoms with Crippen molar-refractivity contribution in [1.82, 2.24) is 0 Å². The number of ether oxygens (including phenoxy) is 3. The van der Waals surface area contributed by atoms with Crippen molar-refractivity contribution in [3.05, 3.63) is 54.1 Å². The van der Waals surface area contributed by atoms with Gasteiger partial charge in [-0.1, -0.05) is 30.3 Å². The summed E-state index contributed by atoms with van der Waals surface area (Å²) in [6, 6.07) is 15.5. The number of fused-ring (bicyclic) bond motifs is 1. The highest BCUT2D eigenvalue weighted by molar-refractivity contribution is 8.00. The minimum atomic E-state index is -0.407. The average Bonchev–Trinajstić information content (AvgIpc) is 2.85. The lowest BCUT2D eigenvalue weighted by atomic mass is 10.1. The van der Waals surface area contributed by atoms with Crippen LogP contribution in [0.15, 0.2) is 53.4 Å². The van der Waals surface area contributed by atoms with Gasteiger partial charge in [-0.25, -0.2) is 0 Å².